The maximum atomic E-state index is 10.1. The highest BCUT2D eigenvalue weighted by Crippen LogP contribution is 2.03. The van der Waals surface area contributed by atoms with Gasteiger partial charge in [-0.2, -0.15) is 0 Å². The number of allylic oxidation sites excluding steroid dienone is 2. The molecule has 0 aliphatic carbocycles. The van der Waals surface area contributed by atoms with Gasteiger partial charge in [-0.15, -0.1) is 0 Å². The van der Waals surface area contributed by atoms with Crippen LogP contribution in [0.5, 0.6) is 0 Å². The van der Waals surface area contributed by atoms with E-state index >= 15 is 0 Å². The third-order valence-electron chi connectivity index (χ3n) is 2.20. The van der Waals surface area contributed by atoms with Crippen LogP contribution in [0.2, 0.25) is 0 Å². The van der Waals surface area contributed by atoms with Crippen molar-refractivity contribution in [2.45, 2.75) is 46.5 Å². The third-order valence-corrected chi connectivity index (χ3v) is 2.20. The summed E-state index contributed by atoms with van der Waals surface area (Å²) in [6, 6.07) is 0. The lowest BCUT2D eigenvalue weighted by Gasteiger charge is -1.95. The molecule has 0 aromatic carbocycles. The van der Waals surface area contributed by atoms with E-state index in [9.17, 15) is 9.59 Å². The summed E-state index contributed by atoms with van der Waals surface area (Å²) in [7, 11) is 0. The lowest BCUT2D eigenvalue weighted by atomic mass is 10.2. The van der Waals surface area contributed by atoms with Gasteiger partial charge in [-0.05, 0) is 25.8 Å². The number of aliphatic hydroxyl groups excluding tert-OH is 2. The summed E-state index contributed by atoms with van der Waals surface area (Å²) in [5.74, 6) is -2.92. The quantitative estimate of drug-likeness (QED) is 0.336. The third kappa shape index (κ3) is 10.9. The van der Waals surface area contributed by atoms with Crippen molar-refractivity contribution < 1.29 is 30.0 Å². The van der Waals surface area contributed by atoms with E-state index in [1.54, 1.807) is 6.92 Å². The fourth-order valence-corrected chi connectivity index (χ4v) is 0.919. The molecule has 0 spiro atoms. The molecule has 19 heavy (non-hydrogen) atoms. The van der Waals surface area contributed by atoms with Crippen LogP contribution in [0, 0.1) is 0 Å². The second-order valence-corrected chi connectivity index (χ2v) is 3.77. The molecule has 6 heteroatoms. The van der Waals surface area contributed by atoms with Gasteiger partial charge in [0.05, 0.1) is 5.57 Å². The van der Waals surface area contributed by atoms with Crippen LogP contribution < -0.4 is 0 Å². The summed E-state index contributed by atoms with van der Waals surface area (Å²) in [5.41, 5.74) is 0.0255. The summed E-state index contributed by atoms with van der Waals surface area (Å²) in [6.45, 7) is 5.08. The highest BCUT2D eigenvalue weighted by atomic mass is 16.4. The maximum Gasteiger partial charge on any atom is 0.370 e. The molecule has 0 radical (unpaired) electrons. The Bertz CT molecular complexity index is 354. The molecule has 0 amide bonds. The number of carboxylic acids is 2. The number of unbranched alkanes of at least 4 members (excludes halogenated alkanes) is 2. The van der Waals surface area contributed by atoms with Gasteiger partial charge in [0, 0.05) is 6.42 Å². The Balaban J connectivity index is 0. The average Bonchev–Trinajstić information content (AvgIpc) is 2.37. The number of hydrogen-bond donors (Lipinski definition) is 4. The first-order valence-corrected chi connectivity index (χ1v) is 6.02. The minimum Gasteiger partial charge on any atom is -0.512 e. The van der Waals surface area contributed by atoms with Gasteiger partial charge >= 0.3 is 11.9 Å². The highest BCUT2D eigenvalue weighted by molar-refractivity contribution is 5.86. The Labute approximate surface area is 112 Å². The van der Waals surface area contributed by atoms with E-state index in [1.165, 1.54) is 13.0 Å². The number of aliphatic carboxylic acids is 2. The van der Waals surface area contributed by atoms with Crippen LogP contribution in [0.3, 0.4) is 0 Å². The first-order valence-electron chi connectivity index (χ1n) is 6.02. The van der Waals surface area contributed by atoms with Gasteiger partial charge in [0.15, 0.2) is 5.76 Å². The van der Waals surface area contributed by atoms with E-state index < -0.39 is 17.7 Å². The van der Waals surface area contributed by atoms with E-state index in [-0.39, 0.29) is 11.3 Å². The zero-order valence-electron chi connectivity index (χ0n) is 11.5. The lowest BCUT2D eigenvalue weighted by Crippen LogP contribution is -1.99. The molecule has 0 aromatic rings. The fraction of sp³-hybridized carbons (Fsp3) is 0.538. The molecule has 110 valence electrons. The standard InChI is InChI=1S/C7H12O3.C6H10O3/c1-2-3-4-5-6(8)7(9)10;1-3-5(7)4(2)6(8)9/h5,8H,2-4H2,1H3,(H,9,10);7H,3H2,1-2H3,(H,8,9)/b6-5-;5-4+. The second-order valence-electron chi connectivity index (χ2n) is 3.77. The van der Waals surface area contributed by atoms with Gasteiger partial charge in [-0.1, -0.05) is 20.3 Å². The molecular formula is C13H22O6. The number of hydrogen-bond acceptors (Lipinski definition) is 4. The van der Waals surface area contributed by atoms with Crippen LogP contribution in [0.1, 0.15) is 46.5 Å². The molecule has 0 unspecified atom stereocenters. The predicted molar refractivity (Wildman–Crippen MR) is 71.1 cm³/mol. The molecule has 0 fully saturated rings. The minimum absolute atomic E-state index is 0.0255. The topological polar surface area (TPSA) is 115 Å². The van der Waals surface area contributed by atoms with Crippen LogP contribution >= 0.6 is 0 Å². The second kappa shape index (κ2) is 11.1. The predicted octanol–water partition coefficient (Wildman–Crippen LogP) is 3.02. The summed E-state index contributed by atoms with van der Waals surface area (Å²) in [6.07, 6.45) is 4.25. The van der Waals surface area contributed by atoms with E-state index in [4.69, 9.17) is 20.4 Å². The molecule has 0 bridgehead atoms. The normalized spacial score (nSPS) is 12.1. The van der Waals surface area contributed by atoms with Crippen molar-refractivity contribution in [3.63, 3.8) is 0 Å². The molecule has 4 N–H and O–H groups in total. The summed E-state index contributed by atoms with van der Waals surface area (Å²) in [4.78, 5) is 20.1. The van der Waals surface area contributed by atoms with Crippen molar-refractivity contribution in [2.75, 3.05) is 0 Å². The first kappa shape index (κ1) is 19.4. The van der Waals surface area contributed by atoms with E-state index in [1.807, 2.05) is 6.92 Å². The van der Waals surface area contributed by atoms with Crippen molar-refractivity contribution in [3.8, 4) is 0 Å². The number of rotatable bonds is 6. The van der Waals surface area contributed by atoms with Crippen molar-refractivity contribution in [1.82, 2.24) is 0 Å². The SMILES string of the molecule is CC/C(O)=C(/C)C(=O)O.CCCC/C=C(\O)C(=O)O. The first-order chi connectivity index (χ1) is 8.77. The fourth-order valence-electron chi connectivity index (χ4n) is 0.919. The van der Waals surface area contributed by atoms with Gasteiger partial charge in [-0.3, -0.25) is 0 Å². The molecule has 0 saturated carbocycles. The van der Waals surface area contributed by atoms with Gasteiger partial charge in [0.2, 0.25) is 0 Å². The Hall–Kier alpha value is -1.98. The summed E-state index contributed by atoms with van der Waals surface area (Å²) >= 11 is 0. The van der Waals surface area contributed by atoms with Crippen molar-refractivity contribution in [3.05, 3.63) is 23.2 Å². The summed E-state index contributed by atoms with van der Waals surface area (Å²) < 4.78 is 0. The molecular weight excluding hydrogens is 252 g/mol. The zero-order valence-corrected chi connectivity index (χ0v) is 11.5. The van der Waals surface area contributed by atoms with Crippen LogP contribution in [-0.2, 0) is 9.59 Å². The molecule has 0 aliphatic heterocycles. The Morgan fingerprint density at radius 1 is 1.00 bits per heavy atom. The van der Waals surface area contributed by atoms with Crippen LogP contribution in [0.4, 0.5) is 0 Å². The Morgan fingerprint density at radius 3 is 1.79 bits per heavy atom. The van der Waals surface area contributed by atoms with Crippen molar-refractivity contribution in [1.29, 1.82) is 0 Å². The van der Waals surface area contributed by atoms with Crippen LogP contribution in [-0.4, -0.2) is 32.4 Å². The number of aliphatic hydroxyl groups is 2. The molecule has 0 heterocycles. The molecule has 0 saturated heterocycles. The van der Waals surface area contributed by atoms with Crippen molar-refractivity contribution >= 4 is 11.9 Å². The largest absolute Gasteiger partial charge is 0.512 e. The molecule has 0 aliphatic rings. The van der Waals surface area contributed by atoms with Crippen LogP contribution in [0.15, 0.2) is 23.2 Å². The van der Waals surface area contributed by atoms with Crippen molar-refractivity contribution in [2.24, 2.45) is 0 Å². The molecule has 0 atom stereocenters. The lowest BCUT2D eigenvalue weighted by molar-refractivity contribution is -0.135. The highest BCUT2D eigenvalue weighted by Gasteiger charge is 2.04. The monoisotopic (exact) mass is 274 g/mol. The zero-order chi connectivity index (χ0) is 15.4. The summed E-state index contributed by atoms with van der Waals surface area (Å²) in [5, 5.41) is 33.8. The Morgan fingerprint density at radius 2 is 1.53 bits per heavy atom. The van der Waals surface area contributed by atoms with E-state index in [2.05, 4.69) is 0 Å². The molecule has 6 nitrogen and oxygen atoms in total. The van der Waals surface area contributed by atoms with Gasteiger partial charge in [0.1, 0.15) is 5.76 Å². The maximum absolute atomic E-state index is 10.1. The smallest absolute Gasteiger partial charge is 0.370 e. The average molecular weight is 274 g/mol. The number of carboxylic acid groups (broad SMARTS) is 2. The number of carbonyl (C=O) groups is 2. The van der Waals surface area contributed by atoms with E-state index in [0.717, 1.165) is 12.8 Å². The van der Waals surface area contributed by atoms with Gasteiger partial charge in [-0.25, -0.2) is 9.59 Å². The Kier molecular flexibility index (Phi) is 11.3. The molecule has 0 aromatic heterocycles. The van der Waals surface area contributed by atoms with Crippen LogP contribution in [0.25, 0.3) is 0 Å². The van der Waals surface area contributed by atoms with E-state index in [0.29, 0.717) is 12.8 Å². The minimum atomic E-state index is -1.25. The van der Waals surface area contributed by atoms with Gasteiger partial charge < -0.3 is 20.4 Å². The van der Waals surface area contributed by atoms with Gasteiger partial charge in [0.25, 0.3) is 0 Å². The molecule has 0 rings (SSSR count).